The van der Waals surface area contributed by atoms with Crippen molar-refractivity contribution in [1.82, 2.24) is 5.43 Å². The van der Waals surface area contributed by atoms with Gasteiger partial charge in [0.05, 0.1) is 12.5 Å². The van der Waals surface area contributed by atoms with E-state index in [1.165, 1.54) is 18.5 Å². The van der Waals surface area contributed by atoms with Crippen LogP contribution in [0.5, 0.6) is 11.5 Å². The molecule has 1 aromatic heterocycles. The molecule has 3 aromatic rings. The van der Waals surface area contributed by atoms with Gasteiger partial charge in [-0.25, -0.2) is 10.2 Å². The van der Waals surface area contributed by atoms with Crippen LogP contribution in [0.3, 0.4) is 0 Å². The zero-order valence-electron chi connectivity index (χ0n) is 17.6. The minimum atomic E-state index is -0.623. The number of hydrazone groups is 1. The number of carbonyl (C=O) groups is 2. The number of aryl methyl sites for hydroxylation is 1. The molecule has 0 radical (unpaired) electrons. The average molecular weight is 420 g/mol. The van der Waals surface area contributed by atoms with Gasteiger partial charge in [-0.2, -0.15) is 5.10 Å². The molecule has 0 saturated carbocycles. The first-order valence-corrected chi connectivity index (χ1v) is 9.84. The van der Waals surface area contributed by atoms with Crippen LogP contribution in [-0.2, 0) is 4.79 Å². The molecular formula is C24H24N2O5. The van der Waals surface area contributed by atoms with Gasteiger partial charge in [0, 0.05) is 5.56 Å². The Morgan fingerprint density at radius 2 is 1.90 bits per heavy atom. The van der Waals surface area contributed by atoms with Crippen molar-refractivity contribution in [3.8, 4) is 11.5 Å². The van der Waals surface area contributed by atoms with Crippen molar-refractivity contribution in [1.29, 1.82) is 0 Å². The second-order valence-corrected chi connectivity index (χ2v) is 7.18. The first kappa shape index (κ1) is 21.8. The van der Waals surface area contributed by atoms with Crippen LogP contribution < -0.4 is 14.9 Å². The number of ether oxygens (including phenoxy) is 2. The molecule has 1 amide bonds. The van der Waals surface area contributed by atoms with Gasteiger partial charge in [0.1, 0.15) is 11.5 Å². The van der Waals surface area contributed by atoms with Gasteiger partial charge in [0.25, 0.3) is 5.91 Å². The van der Waals surface area contributed by atoms with Gasteiger partial charge < -0.3 is 13.9 Å². The molecule has 0 bridgehead atoms. The maximum atomic E-state index is 12.1. The number of esters is 1. The Bertz CT molecular complexity index is 1070. The molecule has 7 nitrogen and oxygen atoms in total. The Labute approximate surface area is 180 Å². The van der Waals surface area contributed by atoms with Gasteiger partial charge in [-0.05, 0) is 54.3 Å². The van der Waals surface area contributed by atoms with E-state index >= 15 is 0 Å². The number of benzene rings is 2. The fourth-order valence-electron chi connectivity index (χ4n) is 2.82. The molecule has 0 aliphatic rings. The molecule has 3 rings (SSSR count). The highest BCUT2D eigenvalue weighted by Crippen LogP contribution is 2.27. The summed E-state index contributed by atoms with van der Waals surface area (Å²) in [6, 6.07) is 15.9. The molecule has 160 valence electrons. The number of hydrogen-bond donors (Lipinski definition) is 1. The quantitative estimate of drug-likeness (QED) is 0.251. The summed E-state index contributed by atoms with van der Waals surface area (Å²) in [7, 11) is 0. The standard InChI is InChI=1S/C24H24N2O5/c1-16(2)19-11-10-17(3)13-22(19)30-15-23(27)26-25-14-18-7-4-5-8-20(18)31-24(28)21-9-6-12-29-21/h4-14,16H,15H2,1-3H3,(H,26,27)/b25-14+. The number of furan rings is 1. The number of hydrogen-bond acceptors (Lipinski definition) is 6. The van der Waals surface area contributed by atoms with Crippen molar-refractivity contribution in [2.24, 2.45) is 5.10 Å². The lowest BCUT2D eigenvalue weighted by Crippen LogP contribution is -2.25. The van der Waals surface area contributed by atoms with Gasteiger partial charge >= 0.3 is 5.97 Å². The van der Waals surface area contributed by atoms with Crippen molar-refractivity contribution >= 4 is 18.1 Å². The molecular weight excluding hydrogens is 396 g/mol. The Morgan fingerprint density at radius 1 is 1.10 bits per heavy atom. The average Bonchev–Trinajstić information content (AvgIpc) is 3.28. The summed E-state index contributed by atoms with van der Waals surface area (Å²) < 4.78 is 16.1. The van der Waals surface area contributed by atoms with Crippen LogP contribution >= 0.6 is 0 Å². The van der Waals surface area contributed by atoms with Gasteiger partial charge in [-0.1, -0.05) is 38.1 Å². The highest BCUT2D eigenvalue weighted by atomic mass is 16.5. The summed E-state index contributed by atoms with van der Waals surface area (Å²) in [5.74, 6) is 0.315. The normalized spacial score (nSPS) is 11.0. The third kappa shape index (κ3) is 6.05. The lowest BCUT2D eigenvalue weighted by atomic mass is 10.0. The van der Waals surface area contributed by atoms with Gasteiger partial charge in [-0.15, -0.1) is 0 Å². The number of nitrogens with one attached hydrogen (secondary N) is 1. The van der Waals surface area contributed by atoms with E-state index in [0.29, 0.717) is 17.1 Å². The third-order valence-electron chi connectivity index (χ3n) is 4.39. The van der Waals surface area contributed by atoms with Crippen LogP contribution in [0.2, 0.25) is 0 Å². The summed E-state index contributed by atoms with van der Waals surface area (Å²) in [4.78, 5) is 24.2. The summed E-state index contributed by atoms with van der Waals surface area (Å²) >= 11 is 0. The predicted molar refractivity (Wildman–Crippen MR) is 117 cm³/mol. The van der Waals surface area contributed by atoms with E-state index in [4.69, 9.17) is 13.9 Å². The molecule has 0 aliphatic heterocycles. The van der Waals surface area contributed by atoms with E-state index in [1.54, 1.807) is 30.3 Å². The molecule has 0 fully saturated rings. The highest BCUT2D eigenvalue weighted by Gasteiger charge is 2.13. The molecule has 31 heavy (non-hydrogen) atoms. The zero-order chi connectivity index (χ0) is 22.2. The van der Waals surface area contributed by atoms with E-state index in [0.717, 1.165) is 11.1 Å². The minimum absolute atomic E-state index is 0.0918. The van der Waals surface area contributed by atoms with E-state index in [2.05, 4.69) is 24.4 Å². The van der Waals surface area contributed by atoms with Crippen LogP contribution in [0, 0.1) is 6.92 Å². The third-order valence-corrected chi connectivity index (χ3v) is 4.39. The van der Waals surface area contributed by atoms with Crippen LogP contribution in [0.1, 0.15) is 47.0 Å². The van der Waals surface area contributed by atoms with Gasteiger partial charge in [0.2, 0.25) is 5.76 Å². The number of para-hydroxylation sites is 1. The lowest BCUT2D eigenvalue weighted by Gasteiger charge is -2.14. The Morgan fingerprint density at radius 3 is 2.65 bits per heavy atom. The van der Waals surface area contributed by atoms with Gasteiger partial charge in [0.15, 0.2) is 6.61 Å². The molecule has 1 heterocycles. The van der Waals surface area contributed by atoms with Crippen molar-refractivity contribution < 1.29 is 23.5 Å². The maximum Gasteiger partial charge on any atom is 0.379 e. The Balaban J connectivity index is 1.58. The zero-order valence-corrected chi connectivity index (χ0v) is 17.6. The predicted octanol–water partition coefficient (Wildman–Crippen LogP) is 4.46. The second kappa shape index (κ2) is 10.2. The van der Waals surface area contributed by atoms with E-state index in [9.17, 15) is 9.59 Å². The van der Waals surface area contributed by atoms with Crippen molar-refractivity contribution in [2.45, 2.75) is 26.7 Å². The molecule has 0 spiro atoms. The lowest BCUT2D eigenvalue weighted by molar-refractivity contribution is -0.123. The van der Waals surface area contributed by atoms with E-state index < -0.39 is 11.9 Å². The number of nitrogens with zero attached hydrogens (tertiary/aromatic N) is 1. The number of amides is 1. The van der Waals surface area contributed by atoms with Crippen LogP contribution in [-0.4, -0.2) is 24.7 Å². The van der Waals surface area contributed by atoms with E-state index in [1.807, 2.05) is 25.1 Å². The molecule has 2 aromatic carbocycles. The van der Waals surface area contributed by atoms with Crippen molar-refractivity contribution in [3.63, 3.8) is 0 Å². The fourth-order valence-corrected chi connectivity index (χ4v) is 2.82. The first-order valence-electron chi connectivity index (χ1n) is 9.84. The molecule has 0 unspecified atom stereocenters. The molecule has 7 heteroatoms. The van der Waals surface area contributed by atoms with Crippen molar-refractivity contribution in [2.75, 3.05) is 6.61 Å². The summed E-state index contributed by atoms with van der Waals surface area (Å²) in [5, 5.41) is 3.94. The van der Waals surface area contributed by atoms with Crippen LogP contribution in [0.15, 0.2) is 70.4 Å². The smallest absolute Gasteiger partial charge is 0.379 e. The summed E-state index contributed by atoms with van der Waals surface area (Å²) in [6.45, 7) is 5.93. The first-order chi connectivity index (χ1) is 14.9. The fraction of sp³-hybridized carbons (Fsp3) is 0.208. The monoisotopic (exact) mass is 420 g/mol. The minimum Gasteiger partial charge on any atom is -0.483 e. The Hall–Kier alpha value is -3.87. The number of rotatable bonds is 8. The Kier molecular flexibility index (Phi) is 7.22. The SMILES string of the molecule is Cc1ccc(C(C)C)c(OCC(=O)N/N=C/c2ccccc2OC(=O)c2ccco2)c1. The maximum absolute atomic E-state index is 12.1. The van der Waals surface area contributed by atoms with Crippen molar-refractivity contribution in [3.05, 3.63) is 83.3 Å². The summed E-state index contributed by atoms with van der Waals surface area (Å²) in [5.41, 5.74) is 5.03. The highest BCUT2D eigenvalue weighted by molar-refractivity contribution is 5.91. The van der Waals surface area contributed by atoms with Crippen LogP contribution in [0.4, 0.5) is 0 Å². The summed E-state index contributed by atoms with van der Waals surface area (Å²) in [6.07, 6.45) is 2.79. The molecule has 0 saturated heterocycles. The largest absolute Gasteiger partial charge is 0.483 e. The molecule has 0 aliphatic carbocycles. The molecule has 1 N–H and O–H groups in total. The molecule has 0 atom stereocenters. The topological polar surface area (TPSA) is 90.1 Å². The van der Waals surface area contributed by atoms with E-state index in [-0.39, 0.29) is 18.3 Å². The van der Waals surface area contributed by atoms with Crippen LogP contribution in [0.25, 0.3) is 0 Å². The second-order valence-electron chi connectivity index (χ2n) is 7.18. The number of carbonyl (C=O) groups excluding carboxylic acids is 2. The van der Waals surface area contributed by atoms with Gasteiger partial charge in [-0.3, -0.25) is 4.79 Å².